The monoisotopic (exact) mass is 389 g/mol. The Morgan fingerprint density at radius 2 is 1.61 bits per heavy atom. The third-order valence-electron chi connectivity index (χ3n) is 4.72. The van der Waals surface area contributed by atoms with Crippen LogP contribution in [0.2, 0.25) is 0 Å². The molecule has 0 aliphatic carbocycles. The van der Waals surface area contributed by atoms with Gasteiger partial charge >= 0.3 is 6.09 Å². The van der Waals surface area contributed by atoms with Crippen LogP contribution in [-0.2, 0) is 22.6 Å². The first-order valence-electron chi connectivity index (χ1n) is 10.3. The van der Waals surface area contributed by atoms with Crippen LogP contribution in [0.5, 0.6) is 0 Å². The van der Waals surface area contributed by atoms with Gasteiger partial charge in [0.25, 0.3) is 0 Å². The molecule has 2 amide bonds. The minimum atomic E-state index is -0.655. The molecule has 1 aliphatic rings. The van der Waals surface area contributed by atoms with Crippen LogP contribution in [0.3, 0.4) is 0 Å². The number of amides is 2. The van der Waals surface area contributed by atoms with Crippen LogP contribution in [0.15, 0.2) is 24.3 Å². The van der Waals surface area contributed by atoms with Crippen molar-refractivity contribution in [2.24, 2.45) is 0 Å². The summed E-state index contributed by atoms with van der Waals surface area (Å²) in [7, 11) is 0. The van der Waals surface area contributed by atoms with E-state index in [-0.39, 0.29) is 5.91 Å². The normalized spacial score (nSPS) is 16.7. The maximum absolute atomic E-state index is 12.2. The van der Waals surface area contributed by atoms with Crippen molar-refractivity contribution in [3.8, 4) is 0 Å². The summed E-state index contributed by atoms with van der Waals surface area (Å²) < 4.78 is 5.17. The van der Waals surface area contributed by atoms with Crippen molar-refractivity contribution >= 4 is 12.0 Å². The highest BCUT2D eigenvalue weighted by atomic mass is 16.6. The van der Waals surface area contributed by atoms with E-state index in [4.69, 9.17) is 4.74 Å². The first-order chi connectivity index (χ1) is 13.2. The minimum Gasteiger partial charge on any atom is -0.444 e. The van der Waals surface area contributed by atoms with Crippen LogP contribution in [0.25, 0.3) is 0 Å². The molecule has 0 spiro atoms. The zero-order valence-electron chi connectivity index (χ0n) is 17.7. The number of alkyl carbamates (subject to hydrolysis) is 1. The number of hydrogen-bond acceptors (Lipinski definition) is 4. The van der Waals surface area contributed by atoms with Gasteiger partial charge in [-0.25, -0.2) is 4.79 Å². The van der Waals surface area contributed by atoms with E-state index in [1.54, 1.807) is 27.7 Å². The first kappa shape index (κ1) is 22.2. The highest BCUT2D eigenvalue weighted by Crippen LogP contribution is 2.14. The lowest BCUT2D eigenvalue weighted by Crippen LogP contribution is -2.46. The molecule has 28 heavy (non-hydrogen) atoms. The quantitative estimate of drug-likeness (QED) is 0.780. The lowest BCUT2D eigenvalue weighted by molar-refractivity contribution is -0.122. The molecule has 1 atom stereocenters. The Labute approximate surface area is 169 Å². The Morgan fingerprint density at radius 3 is 2.18 bits per heavy atom. The topological polar surface area (TPSA) is 70.7 Å². The summed E-state index contributed by atoms with van der Waals surface area (Å²) in [5.41, 5.74) is 1.75. The molecule has 0 radical (unpaired) electrons. The van der Waals surface area contributed by atoms with Crippen molar-refractivity contribution in [2.75, 3.05) is 13.1 Å². The molecule has 1 aliphatic heterocycles. The molecular formula is C22H35N3O3. The summed E-state index contributed by atoms with van der Waals surface area (Å²) in [5.74, 6) is -0.237. The minimum absolute atomic E-state index is 0.237. The number of benzene rings is 1. The van der Waals surface area contributed by atoms with Gasteiger partial charge in [-0.1, -0.05) is 37.1 Å². The highest BCUT2D eigenvalue weighted by molar-refractivity contribution is 5.85. The lowest BCUT2D eigenvalue weighted by atomic mass is 10.1. The molecule has 0 bridgehead atoms. The van der Waals surface area contributed by atoms with E-state index < -0.39 is 17.7 Å². The third kappa shape index (κ3) is 8.30. The van der Waals surface area contributed by atoms with Gasteiger partial charge in [-0.05, 0) is 64.8 Å². The molecule has 1 aromatic rings. The zero-order chi connectivity index (χ0) is 20.6. The largest absolute Gasteiger partial charge is 0.444 e. The zero-order valence-corrected chi connectivity index (χ0v) is 17.7. The Bertz CT molecular complexity index is 629. The fraction of sp³-hybridized carbons (Fsp3) is 0.636. The van der Waals surface area contributed by atoms with Gasteiger partial charge < -0.3 is 15.4 Å². The Balaban J connectivity index is 1.75. The third-order valence-corrected chi connectivity index (χ3v) is 4.72. The van der Waals surface area contributed by atoms with Crippen LogP contribution in [0.4, 0.5) is 4.79 Å². The molecule has 0 unspecified atom stereocenters. The second-order valence-corrected chi connectivity index (χ2v) is 8.59. The van der Waals surface area contributed by atoms with Crippen molar-refractivity contribution in [1.29, 1.82) is 0 Å². The maximum atomic E-state index is 12.2. The van der Waals surface area contributed by atoms with Gasteiger partial charge in [-0.2, -0.15) is 0 Å². The van der Waals surface area contributed by atoms with E-state index in [2.05, 4.69) is 39.8 Å². The Kier molecular flexibility index (Phi) is 8.30. The fourth-order valence-electron chi connectivity index (χ4n) is 3.21. The van der Waals surface area contributed by atoms with Gasteiger partial charge in [-0.3, -0.25) is 9.69 Å². The van der Waals surface area contributed by atoms with Crippen molar-refractivity contribution in [2.45, 2.75) is 78.1 Å². The summed E-state index contributed by atoms with van der Waals surface area (Å²) in [6.07, 6.45) is 4.68. The molecule has 6 nitrogen and oxygen atoms in total. The number of likely N-dealkylation sites (tertiary alicyclic amines) is 1. The van der Waals surface area contributed by atoms with Crippen LogP contribution >= 0.6 is 0 Å². The Morgan fingerprint density at radius 1 is 1.04 bits per heavy atom. The smallest absolute Gasteiger partial charge is 0.408 e. The SMILES string of the molecule is C[C@@H](NC(=O)OC(C)(C)C)C(=O)NCc1ccc(CN2CCCCCC2)cc1. The molecule has 156 valence electrons. The van der Waals surface area contributed by atoms with Gasteiger partial charge in [0.2, 0.25) is 5.91 Å². The number of hydrogen-bond donors (Lipinski definition) is 2. The number of nitrogens with zero attached hydrogens (tertiary/aromatic N) is 1. The van der Waals surface area contributed by atoms with E-state index in [9.17, 15) is 9.59 Å². The average Bonchev–Trinajstić information content (AvgIpc) is 2.87. The molecular weight excluding hydrogens is 354 g/mol. The summed E-state index contributed by atoms with van der Waals surface area (Å²) >= 11 is 0. The first-order valence-corrected chi connectivity index (χ1v) is 10.3. The predicted molar refractivity (Wildman–Crippen MR) is 111 cm³/mol. The van der Waals surface area contributed by atoms with Gasteiger partial charge in [0.05, 0.1) is 0 Å². The second kappa shape index (κ2) is 10.5. The molecule has 2 N–H and O–H groups in total. The van der Waals surface area contributed by atoms with E-state index in [1.165, 1.54) is 44.3 Å². The Hall–Kier alpha value is -2.08. The average molecular weight is 390 g/mol. The summed E-state index contributed by atoms with van der Waals surface area (Å²) in [6, 6.07) is 7.72. The van der Waals surface area contributed by atoms with Gasteiger partial charge in [0, 0.05) is 13.1 Å². The van der Waals surface area contributed by atoms with Gasteiger partial charge in [-0.15, -0.1) is 0 Å². The lowest BCUT2D eigenvalue weighted by Gasteiger charge is -2.21. The number of nitrogens with one attached hydrogen (secondary N) is 2. The second-order valence-electron chi connectivity index (χ2n) is 8.59. The van der Waals surface area contributed by atoms with Crippen molar-refractivity contribution in [3.63, 3.8) is 0 Å². The van der Waals surface area contributed by atoms with Crippen molar-refractivity contribution in [1.82, 2.24) is 15.5 Å². The van der Waals surface area contributed by atoms with Crippen molar-refractivity contribution < 1.29 is 14.3 Å². The maximum Gasteiger partial charge on any atom is 0.408 e. The summed E-state index contributed by atoms with van der Waals surface area (Å²) in [6.45, 7) is 10.8. The van der Waals surface area contributed by atoms with Gasteiger partial charge in [0.1, 0.15) is 11.6 Å². The molecule has 0 saturated carbocycles. The van der Waals surface area contributed by atoms with E-state index in [0.29, 0.717) is 6.54 Å². The number of rotatable bonds is 6. The van der Waals surface area contributed by atoms with Crippen molar-refractivity contribution in [3.05, 3.63) is 35.4 Å². The molecule has 6 heteroatoms. The highest BCUT2D eigenvalue weighted by Gasteiger charge is 2.20. The summed E-state index contributed by atoms with van der Waals surface area (Å²) in [4.78, 5) is 26.5. The molecule has 1 heterocycles. The van der Waals surface area contributed by atoms with Crippen LogP contribution < -0.4 is 10.6 Å². The number of carbonyl (C=O) groups excluding carboxylic acids is 2. The van der Waals surface area contributed by atoms with Crippen LogP contribution in [0, 0.1) is 0 Å². The molecule has 1 fully saturated rings. The molecule has 0 aromatic heterocycles. The van der Waals surface area contributed by atoms with E-state index in [0.717, 1.165) is 12.1 Å². The van der Waals surface area contributed by atoms with Crippen LogP contribution in [-0.4, -0.2) is 41.6 Å². The molecule has 2 rings (SSSR count). The van der Waals surface area contributed by atoms with E-state index in [1.807, 2.05) is 0 Å². The molecule has 1 aromatic carbocycles. The molecule has 1 saturated heterocycles. The predicted octanol–water partition coefficient (Wildman–Crippen LogP) is 3.59. The summed E-state index contributed by atoms with van der Waals surface area (Å²) in [5, 5.41) is 5.41. The van der Waals surface area contributed by atoms with Crippen LogP contribution in [0.1, 0.15) is 64.5 Å². The van der Waals surface area contributed by atoms with E-state index >= 15 is 0 Å². The number of carbonyl (C=O) groups is 2. The van der Waals surface area contributed by atoms with Gasteiger partial charge in [0.15, 0.2) is 0 Å². The fourth-order valence-corrected chi connectivity index (χ4v) is 3.21. The standard InChI is InChI=1S/C22H35N3O3/c1-17(24-21(27)28-22(2,3)4)20(26)23-15-18-9-11-19(12-10-18)16-25-13-7-5-6-8-14-25/h9-12,17H,5-8,13-16H2,1-4H3,(H,23,26)(H,24,27)/t17-/m1/s1. The number of ether oxygens (including phenoxy) is 1.